The number of hydrogen-bond donors (Lipinski definition) is 1. The number of nitrogens with one attached hydrogen (secondary N) is 1. The number of nitro benzene ring substituents is 1. The molecule has 1 atom stereocenters. The highest BCUT2D eigenvalue weighted by Crippen LogP contribution is 2.29. The van der Waals surface area contributed by atoms with Crippen LogP contribution in [0.4, 0.5) is 5.69 Å². The number of nitro groups is 1. The predicted molar refractivity (Wildman–Crippen MR) is 107 cm³/mol. The second-order valence-corrected chi connectivity index (χ2v) is 7.87. The number of rotatable bonds is 8. The minimum Gasteiger partial charge on any atom is -0.351 e. The molecule has 0 saturated heterocycles. The van der Waals surface area contributed by atoms with Gasteiger partial charge in [0.15, 0.2) is 0 Å². The smallest absolute Gasteiger partial charge is 0.282 e. The number of benzene rings is 1. The van der Waals surface area contributed by atoms with Crippen LogP contribution < -0.4 is 5.32 Å². The van der Waals surface area contributed by atoms with Gasteiger partial charge in [0.05, 0.1) is 4.92 Å². The van der Waals surface area contributed by atoms with Crippen molar-refractivity contribution in [2.24, 2.45) is 0 Å². The van der Waals surface area contributed by atoms with E-state index in [2.05, 4.69) is 28.6 Å². The molecule has 1 aliphatic heterocycles. The summed E-state index contributed by atoms with van der Waals surface area (Å²) in [5.74, 6) is -0.388. The molecule has 1 amide bonds. The Bertz CT molecular complexity index is 805. The summed E-state index contributed by atoms with van der Waals surface area (Å²) in [7, 11) is 0. The third kappa shape index (κ3) is 4.73. The van der Waals surface area contributed by atoms with Crippen LogP contribution in [0.15, 0.2) is 35.7 Å². The number of para-hydroxylation sites is 1. The lowest BCUT2D eigenvalue weighted by Crippen LogP contribution is -2.44. The lowest BCUT2D eigenvalue weighted by molar-refractivity contribution is -0.385. The van der Waals surface area contributed by atoms with Gasteiger partial charge in [0.2, 0.25) is 0 Å². The molecule has 7 heteroatoms. The molecule has 1 aliphatic rings. The van der Waals surface area contributed by atoms with Crippen molar-refractivity contribution in [3.8, 4) is 0 Å². The molecule has 3 rings (SSSR count). The number of unbranched alkanes of at least 4 members (excludes halogenated alkanes) is 1. The highest BCUT2D eigenvalue weighted by atomic mass is 32.1. The van der Waals surface area contributed by atoms with Crippen LogP contribution in [-0.4, -0.2) is 34.9 Å². The maximum absolute atomic E-state index is 12.4. The molecule has 27 heavy (non-hydrogen) atoms. The molecule has 1 aromatic heterocycles. The maximum Gasteiger partial charge on any atom is 0.282 e. The van der Waals surface area contributed by atoms with Crippen LogP contribution in [0.1, 0.15) is 47.0 Å². The van der Waals surface area contributed by atoms with Crippen LogP contribution in [0.2, 0.25) is 0 Å². The summed E-state index contributed by atoms with van der Waals surface area (Å²) in [5.41, 5.74) is 1.42. The van der Waals surface area contributed by atoms with Crippen LogP contribution >= 0.6 is 11.3 Å². The molecule has 1 aromatic carbocycles. The van der Waals surface area contributed by atoms with Gasteiger partial charge in [0.1, 0.15) is 5.56 Å². The Morgan fingerprint density at radius 1 is 1.37 bits per heavy atom. The Balaban J connectivity index is 1.60. The standard InChI is InChI=1S/C20H25N3O3S/c1-2-3-6-16-13-15-9-12-27-19(15)14-22(16)11-10-21-20(24)17-7-4-5-8-18(17)23(25)26/h4-5,7-9,12,16H,2-3,6,10-11,13-14H2,1H3,(H,21,24). The predicted octanol–water partition coefficient (Wildman–Crippen LogP) is 4.00. The van der Waals surface area contributed by atoms with Gasteiger partial charge in [-0.3, -0.25) is 19.8 Å². The van der Waals surface area contributed by atoms with E-state index in [0.717, 1.165) is 25.9 Å². The molecular formula is C20H25N3O3S. The third-order valence-corrected chi connectivity index (χ3v) is 6.03. The van der Waals surface area contributed by atoms with Crippen LogP contribution in [0, 0.1) is 10.1 Å². The van der Waals surface area contributed by atoms with E-state index in [1.807, 2.05) is 0 Å². The average molecular weight is 388 g/mol. The second kappa shape index (κ2) is 9.10. The lowest BCUT2D eigenvalue weighted by atomic mass is 9.96. The Morgan fingerprint density at radius 3 is 2.96 bits per heavy atom. The van der Waals surface area contributed by atoms with E-state index in [1.165, 1.54) is 35.4 Å². The Hall–Kier alpha value is -2.25. The molecule has 0 radical (unpaired) electrons. The molecule has 0 bridgehead atoms. The number of carbonyl (C=O) groups is 1. The number of fused-ring (bicyclic) bond motifs is 1. The van der Waals surface area contributed by atoms with Crippen LogP contribution in [0.25, 0.3) is 0 Å². The quantitative estimate of drug-likeness (QED) is 0.549. The van der Waals surface area contributed by atoms with Gasteiger partial charge in [-0.25, -0.2) is 0 Å². The molecule has 0 saturated carbocycles. The summed E-state index contributed by atoms with van der Waals surface area (Å²) in [6, 6.07) is 8.79. The van der Waals surface area contributed by atoms with Gasteiger partial charge in [-0.1, -0.05) is 31.9 Å². The van der Waals surface area contributed by atoms with E-state index in [-0.39, 0.29) is 17.2 Å². The summed E-state index contributed by atoms with van der Waals surface area (Å²) >= 11 is 1.79. The second-order valence-electron chi connectivity index (χ2n) is 6.87. The first-order valence-electron chi connectivity index (χ1n) is 9.41. The molecule has 0 spiro atoms. The normalized spacial score (nSPS) is 16.7. The fourth-order valence-electron chi connectivity index (χ4n) is 3.60. The van der Waals surface area contributed by atoms with Crippen LogP contribution in [-0.2, 0) is 13.0 Å². The lowest BCUT2D eigenvalue weighted by Gasteiger charge is -2.35. The summed E-state index contributed by atoms with van der Waals surface area (Å²) in [6.45, 7) is 4.35. The summed E-state index contributed by atoms with van der Waals surface area (Å²) in [4.78, 5) is 26.8. The molecule has 144 valence electrons. The minimum atomic E-state index is -0.515. The van der Waals surface area contributed by atoms with Crippen molar-refractivity contribution >= 4 is 22.9 Å². The van der Waals surface area contributed by atoms with Crippen molar-refractivity contribution < 1.29 is 9.72 Å². The Morgan fingerprint density at radius 2 is 2.19 bits per heavy atom. The van der Waals surface area contributed by atoms with Gasteiger partial charge in [-0.15, -0.1) is 11.3 Å². The maximum atomic E-state index is 12.4. The van der Waals surface area contributed by atoms with Crippen molar-refractivity contribution in [1.82, 2.24) is 10.2 Å². The number of nitrogens with zero attached hydrogens (tertiary/aromatic N) is 2. The molecule has 2 aromatic rings. The zero-order valence-electron chi connectivity index (χ0n) is 15.5. The molecule has 6 nitrogen and oxygen atoms in total. The van der Waals surface area contributed by atoms with Crippen LogP contribution in [0.3, 0.4) is 0 Å². The molecule has 1 N–H and O–H groups in total. The van der Waals surface area contributed by atoms with E-state index in [1.54, 1.807) is 23.5 Å². The molecule has 0 fully saturated rings. The van der Waals surface area contributed by atoms with E-state index in [0.29, 0.717) is 12.6 Å². The van der Waals surface area contributed by atoms with Crippen molar-refractivity contribution in [2.75, 3.05) is 13.1 Å². The zero-order chi connectivity index (χ0) is 19.2. The van der Waals surface area contributed by atoms with Gasteiger partial charge in [0, 0.05) is 36.6 Å². The zero-order valence-corrected chi connectivity index (χ0v) is 16.3. The Kier molecular flexibility index (Phi) is 6.58. The summed E-state index contributed by atoms with van der Waals surface area (Å²) in [6.07, 6.45) is 4.60. The fraction of sp³-hybridized carbons (Fsp3) is 0.450. The highest BCUT2D eigenvalue weighted by molar-refractivity contribution is 7.10. The molecular weight excluding hydrogens is 362 g/mol. The first-order valence-corrected chi connectivity index (χ1v) is 10.3. The van der Waals surface area contributed by atoms with Gasteiger partial charge >= 0.3 is 0 Å². The highest BCUT2D eigenvalue weighted by Gasteiger charge is 2.26. The Labute approximate surface area is 163 Å². The number of amides is 1. The summed E-state index contributed by atoms with van der Waals surface area (Å²) in [5, 5.41) is 16.1. The van der Waals surface area contributed by atoms with E-state index in [4.69, 9.17) is 0 Å². The average Bonchev–Trinajstić information content (AvgIpc) is 3.13. The topological polar surface area (TPSA) is 75.5 Å². The molecule has 0 aliphatic carbocycles. The summed E-state index contributed by atoms with van der Waals surface area (Å²) < 4.78 is 0. The van der Waals surface area contributed by atoms with Crippen molar-refractivity contribution in [2.45, 2.75) is 45.2 Å². The first-order chi connectivity index (χ1) is 13.1. The fourth-order valence-corrected chi connectivity index (χ4v) is 4.54. The monoisotopic (exact) mass is 387 g/mol. The van der Waals surface area contributed by atoms with Crippen LogP contribution in [0.5, 0.6) is 0 Å². The SMILES string of the molecule is CCCCC1Cc2ccsc2CN1CCNC(=O)c1ccccc1[N+](=O)[O-]. The van der Waals surface area contributed by atoms with Gasteiger partial charge in [0.25, 0.3) is 11.6 Å². The van der Waals surface area contributed by atoms with Crippen molar-refractivity contribution in [1.29, 1.82) is 0 Å². The van der Waals surface area contributed by atoms with Crippen molar-refractivity contribution in [3.05, 3.63) is 61.8 Å². The van der Waals surface area contributed by atoms with Gasteiger partial charge < -0.3 is 5.32 Å². The van der Waals surface area contributed by atoms with Gasteiger partial charge in [-0.2, -0.15) is 0 Å². The van der Waals surface area contributed by atoms with E-state index < -0.39 is 4.92 Å². The third-order valence-electron chi connectivity index (χ3n) is 5.08. The first kappa shape index (κ1) is 19.5. The minimum absolute atomic E-state index is 0.115. The van der Waals surface area contributed by atoms with Gasteiger partial charge in [-0.05, 0) is 35.9 Å². The van der Waals surface area contributed by atoms with E-state index in [9.17, 15) is 14.9 Å². The number of thiophene rings is 1. The number of hydrogen-bond acceptors (Lipinski definition) is 5. The molecule has 2 heterocycles. The molecule has 1 unspecified atom stereocenters. The van der Waals surface area contributed by atoms with Crippen molar-refractivity contribution in [3.63, 3.8) is 0 Å². The number of carbonyl (C=O) groups excluding carboxylic acids is 1. The van der Waals surface area contributed by atoms with E-state index >= 15 is 0 Å². The largest absolute Gasteiger partial charge is 0.351 e.